The Kier molecular flexibility index (Phi) is 9.66. The van der Waals surface area contributed by atoms with Gasteiger partial charge in [0.2, 0.25) is 0 Å². The maximum atomic E-state index is 12.2. The number of carbonyl (C=O) groups excluding carboxylic acids is 1. The lowest BCUT2D eigenvalue weighted by atomic mass is 9.84. The Labute approximate surface area is 244 Å². The molecule has 0 aliphatic carbocycles. The molecule has 1 unspecified atom stereocenters. The summed E-state index contributed by atoms with van der Waals surface area (Å²) in [4.78, 5) is 12.2. The third-order valence-corrected chi connectivity index (χ3v) is 8.67. The van der Waals surface area contributed by atoms with E-state index in [1.165, 1.54) is 0 Å². The van der Waals surface area contributed by atoms with E-state index < -0.39 is 17.7 Å². The van der Waals surface area contributed by atoms with Gasteiger partial charge in [0.1, 0.15) is 19.3 Å². The Morgan fingerprint density at radius 1 is 0.951 bits per heavy atom. The molecule has 0 radical (unpaired) electrons. The molecule has 3 saturated heterocycles. The molecule has 3 aliphatic rings. The molecular weight excluding hydrogens is 522 g/mol. The molecule has 5 rings (SSSR count). The second-order valence-corrected chi connectivity index (χ2v) is 12.2. The number of benzene rings is 2. The van der Waals surface area contributed by atoms with Crippen molar-refractivity contribution < 1.29 is 33.2 Å². The zero-order valence-corrected chi connectivity index (χ0v) is 24.8. The molecule has 3 fully saturated rings. The molecular formula is C33H45NO7. The Hall–Kier alpha value is -2.49. The summed E-state index contributed by atoms with van der Waals surface area (Å²) in [5.41, 5.74) is 2.09. The van der Waals surface area contributed by atoms with E-state index in [4.69, 9.17) is 28.4 Å². The molecule has 8 nitrogen and oxygen atoms in total. The predicted octanol–water partition coefficient (Wildman–Crippen LogP) is 5.83. The Bertz CT molecular complexity index is 1120. The Balaban J connectivity index is 1.14. The third-order valence-electron chi connectivity index (χ3n) is 8.67. The predicted molar refractivity (Wildman–Crippen MR) is 154 cm³/mol. The lowest BCUT2D eigenvalue weighted by Crippen LogP contribution is -2.61. The summed E-state index contributed by atoms with van der Waals surface area (Å²) in [6, 6.07) is 19.8. The van der Waals surface area contributed by atoms with Gasteiger partial charge in [-0.3, -0.25) is 0 Å². The highest BCUT2D eigenvalue weighted by molar-refractivity contribution is 5.67. The first-order valence-electron chi connectivity index (χ1n) is 14.9. The van der Waals surface area contributed by atoms with Crippen LogP contribution in [-0.2, 0) is 41.6 Å². The minimum absolute atomic E-state index is 0.0690. The van der Waals surface area contributed by atoms with Gasteiger partial charge in [-0.05, 0) is 35.8 Å². The SMILES string of the molecule is COC1([C@@H](C)C[C@@H](C)CNC(=O)OCc2ccccc2)C[C@H]2O[C@]3(COCc4ccccc4)C[C@@H](C)C[C@@H](O3)[C@H]2O1. The van der Waals surface area contributed by atoms with Gasteiger partial charge in [0.25, 0.3) is 0 Å². The fraction of sp³-hybridized carbons (Fsp3) is 0.606. The molecule has 2 aromatic carbocycles. The van der Waals surface area contributed by atoms with Gasteiger partial charge < -0.3 is 33.7 Å². The number of ether oxygens (including phenoxy) is 6. The second kappa shape index (κ2) is 13.2. The van der Waals surface area contributed by atoms with Crippen molar-refractivity contribution >= 4 is 6.09 Å². The topological polar surface area (TPSA) is 84.5 Å². The van der Waals surface area contributed by atoms with E-state index in [0.717, 1.165) is 30.4 Å². The number of alkyl carbamates (subject to hydrolysis) is 1. The van der Waals surface area contributed by atoms with Crippen LogP contribution in [0.3, 0.4) is 0 Å². The number of fused-ring (bicyclic) bond motifs is 4. The number of hydrogen-bond donors (Lipinski definition) is 1. The summed E-state index contributed by atoms with van der Waals surface area (Å²) in [5.74, 6) is -0.857. The molecule has 41 heavy (non-hydrogen) atoms. The van der Waals surface area contributed by atoms with Gasteiger partial charge in [-0.1, -0.05) is 81.4 Å². The molecule has 0 saturated carbocycles. The minimum Gasteiger partial charge on any atom is -0.445 e. The van der Waals surface area contributed by atoms with Crippen LogP contribution in [0.4, 0.5) is 4.79 Å². The van der Waals surface area contributed by atoms with E-state index in [9.17, 15) is 4.79 Å². The van der Waals surface area contributed by atoms with Crippen LogP contribution in [0.25, 0.3) is 0 Å². The van der Waals surface area contributed by atoms with Crippen molar-refractivity contribution in [1.82, 2.24) is 5.32 Å². The summed E-state index contributed by atoms with van der Waals surface area (Å²) in [5, 5.41) is 2.90. The normalized spacial score (nSPS) is 32.1. The van der Waals surface area contributed by atoms with Gasteiger partial charge in [-0.2, -0.15) is 0 Å². The Morgan fingerprint density at radius 2 is 1.61 bits per heavy atom. The van der Waals surface area contributed by atoms with Gasteiger partial charge in [-0.15, -0.1) is 0 Å². The van der Waals surface area contributed by atoms with Crippen molar-refractivity contribution in [2.45, 2.75) is 89.6 Å². The van der Waals surface area contributed by atoms with Crippen LogP contribution in [0.2, 0.25) is 0 Å². The molecule has 0 spiro atoms. The first kappa shape index (κ1) is 30.0. The number of amides is 1. The van der Waals surface area contributed by atoms with Crippen LogP contribution >= 0.6 is 0 Å². The van der Waals surface area contributed by atoms with Crippen LogP contribution in [0.5, 0.6) is 0 Å². The van der Waals surface area contributed by atoms with Gasteiger partial charge in [0, 0.05) is 32.4 Å². The fourth-order valence-corrected chi connectivity index (χ4v) is 6.68. The molecule has 1 amide bonds. The molecule has 8 atom stereocenters. The van der Waals surface area contributed by atoms with Gasteiger partial charge in [0.15, 0.2) is 11.6 Å². The molecule has 3 aliphatic heterocycles. The summed E-state index contributed by atoms with van der Waals surface area (Å²) in [6.07, 6.45) is 2.34. The molecule has 3 heterocycles. The van der Waals surface area contributed by atoms with Crippen molar-refractivity contribution in [1.29, 1.82) is 0 Å². The number of nitrogens with one attached hydrogen (secondary N) is 1. The van der Waals surface area contributed by atoms with Crippen LogP contribution in [0.15, 0.2) is 60.7 Å². The monoisotopic (exact) mass is 567 g/mol. The van der Waals surface area contributed by atoms with Gasteiger partial charge >= 0.3 is 6.09 Å². The highest BCUT2D eigenvalue weighted by Gasteiger charge is 2.61. The average Bonchev–Trinajstić information content (AvgIpc) is 3.36. The van der Waals surface area contributed by atoms with Crippen molar-refractivity contribution in [3.05, 3.63) is 71.8 Å². The van der Waals surface area contributed by atoms with Crippen LogP contribution in [-0.4, -0.2) is 56.2 Å². The second-order valence-electron chi connectivity index (χ2n) is 12.2. The summed E-state index contributed by atoms with van der Waals surface area (Å²) >= 11 is 0. The van der Waals surface area contributed by atoms with E-state index in [2.05, 4.69) is 38.2 Å². The first-order valence-corrected chi connectivity index (χ1v) is 14.9. The standard InChI is InChI=1S/C33H45NO7/c1-23-16-28-30-29(40-32(17-23,39-28)22-37-20-26-11-7-5-8-12-26)18-33(36-4,41-30)25(3)15-24(2)19-34-31(35)38-21-27-13-9-6-10-14-27/h5-14,23-25,28-30H,15-22H2,1-4H3,(H,34,35)/t23-,24+,25-,28+,29+,30+,32-,33?/m0/s1. The van der Waals surface area contributed by atoms with E-state index in [0.29, 0.717) is 32.1 Å². The van der Waals surface area contributed by atoms with Gasteiger partial charge in [-0.25, -0.2) is 4.79 Å². The van der Waals surface area contributed by atoms with Gasteiger partial charge in [0.05, 0.1) is 18.8 Å². The molecule has 224 valence electrons. The number of methoxy groups -OCH3 is 1. The highest BCUT2D eigenvalue weighted by atomic mass is 16.8. The fourth-order valence-electron chi connectivity index (χ4n) is 6.68. The van der Waals surface area contributed by atoms with Crippen molar-refractivity contribution in [3.63, 3.8) is 0 Å². The summed E-state index contributed by atoms with van der Waals surface area (Å²) in [6.45, 7) is 8.17. The number of carbonyl (C=O) groups is 1. The van der Waals surface area contributed by atoms with E-state index in [-0.39, 0.29) is 36.8 Å². The molecule has 8 heteroatoms. The zero-order chi connectivity index (χ0) is 28.9. The van der Waals surface area contributed by atoms with Crippen molar-refractivity contribution in [3.8, 4) is 0 Å². The van der Waals surface area contributed by atoms with E-state index >= 15 is 0 Å². The average molecular weight is 568 g/mol. The summed E-state index contributed by atoms with van der Waals surface area (Å²) < 4.78 is 37.6. The maximum Gasteiger partial charge on any atom is 0.407 e. The lowest BCUT2D eigenvalue weighted by Gasteiger charge is -2.51. The molecule has 1 N–H and O–H groups in total. The minimum atomic E-state index is -0.784. The zero-order valence-electron chi connectivity index (χ0n) is 24.8. The highest BCUT2D eigenvalue weighted by Crippen LogP contribution is 2.50. The van der Waals surface area contributed by atoms with E-state index in [1.807, 2.05) is 48.5 Å². The number of rotatable bonds is 12. The first-order chi connectivity index (χ1) is 19.8. The number of hydrogen-bond acceptors (Lipinski definition) is 7. The molecule has 2 bridgehead atoms. The Morgan fingerprint density at radius 3 is 2.29 bits per heavy atom. The quantitative estimate of drug-likeness (QED) is 0.345. The van der Waals surface area contributed by atoms with E-state index in [1.54, 1.807) is 7.11 Å². The smallest absolute Gasteiger partial charge is 0.407 e. The van der Waals surface area contributed by atoms with Crippen molar-refractivity contribution in [2.75, 3.05) is 20.3 Å². The third kappa shape index (κ3) is 7.30. The van der Waals surface area contributed by atoms with Crippen LogP contribution < -0.4 is 5.32 Å². The molecule has 2 aromatic rings. The van der Waals surface area contributed by atoms with Crippen LogP contribution in [0, 0.1) is 17.8 Å². The lowest BCUT2D eigenvalue weighted by molar-refractivity contribution is -0.379. The molecule has 0 aromatic heterocycles. The largest absolute Gasteiger partial charge is 0.445 e. The van der Waals surface area contributed by atoms with Crippen LogP contribution in [0.1, 0.15) is 57.6 Å². The maximum absolute atomic E-state index is 12.2. The van der Waals surface area contributed by atoms with Crippen molar-refractivity contribution in [2.24, 2.45) is 17.8 Å². The summed E-state index contributed by atoms with van der Waals surface area (Å²) in [7, 11) is 1.71.